The minimum absolute atomic E-state index is 0.174. The van der Waals surface area contributed by atoms with Crippen LogP contribution >= 0.6 is 11.8 Å². The van der Waals surface area contributed by atoms with Gasteiger partial charge in [0.15, 0.2) is 5.17 Å². The molecule has 1 heterocycles. The molecular formula is C17H22N4O2S. The lowest BCUT2D eigenvalue weighted by molar-refractivity contribution is 0.0963. The van der Waals surface area contributed by atoms with E-state index in [-0.39, 0.29) is 12.1 Å². The van der Waals surface area contributed by atoms with E-state index in [1.165, 1.54) is 11.8 Å². The van der Waals surface area contributed by atoms with Crippen molar-refractivity contribution in [1.29, 1.82) is 0 Å². The Morgan fingerprint density at radius 2 is 2.33 bits per heavy atom. The van der Waals surface area contributed by atoms with Crippen molar-refractivity contribution in [3.05, 3.63) is 53.9 Å². The second-order valence-electron chi connectivity index (χ2n) is 5.08. The molecule has 0 saturated heterocycles. The van der Waals surface area contributed by atoms with Crippen molar-refractivity contribution >= 4 is 28.5 Å². The van der Waals surface area contributed by atoms with Gasteiger partial charge in [0.05, 0.1) is 11.4 Å². The van der Waals surface area contributed by atoms with E-state index in [9.17, 15) is 4.79 Å². The summed E-state index contributed by atoms with van der Waals surface area (Å²) in [4.78, 5) is 16.7. The summed E-state index contributed by atoms with van der Waals surface area (Å²) in [5.41, 5.74) is 7.72. The number of methoxy groups -OCH3 is 1. The molecule has 4 N–H and O–H groups in total. The van der Waals surface area contributed by atoms with Crippen LogP contribution in [0.1, 0.15) is 23.7 Å². The van der Waals surface area contributed by atoms with Gasteiger partial charge >= 0.3 is 0 Å². The number of thioether (sulfide) groups is 1. The number of rotatable bonds is 6. The van der Waals surface area contributed by atoms with Crippen LogP contribution in [0, 0.1) is 0 Å². The van der Waals surface area contributed by atoms with Crippen LogP contribution in [-0.2, 0) is 4.74 Å². The molecule has 1 aliphatic rings. The van der Waals surface area contributed by atoms with Gasteiger partial charge in [0.1, 0.15) is 6.23 Å². The lowest BCUT2D eigenvalue weighted by Gasteiger charge is -2.17. The minimum atomic E-state index is -0.208. The minimum Gasteiger partial charge on any atom is -0.378 e. The summed E-state index contributed by atoms with van der Waals surface area (Å²) in [5.74, 6) is 0.714. The van der Waals surface area contributed by atoms with E-state index < -0.39 is 0 Å². The van der Waals surface area contributed by atoms with Crippen LogP contribution in [0.2, 0.25) is 0 Å². The first-order valence-corrected chi connectivity index (χ1v) is 8.66. The first-order valence-electron chi connectivity index (χ1n) is 7.68. The third-order valence-electron chi connectivity index (χ3n) is 3.17. The standard InChI is InChI=1S/C17H22N4O2S/c1-3-9-24-17(18)21-13-6-4-5-12(10-13)16(22)20-14-7-8-15(23-2)19-11-14/h4-8,10-11,15,19H,3,9H2,1-2H3,(H2,18,21)(H,20,22). The zero-order valence-electron chi connectivity index (χ0n) is 13.8. The van der Waals surface area contributed by atoms with Gasteiger partial charge in [0, 0.05) is 24.6 Å². The highest BCUT2D eigenvalue weighted by Crippen LogP contribution is 2.17. The van der Waals surface area contributed by atoms with Crippen LogP contribution < -0.4 is 16.4 Å². The Bertz CT molecular complexity index is 670. The highest BCUT2D eigenvalue weighted by molar-refractivity contribution is 8.13. The second-order valence-corrected chi connectivity index (χ2v) is 6.20. The number of hydrogen-bond acceptors (Lipinski definition) is 5. The quantitative estimate of drug-likeness (QED) is 0.544. The number of carbonyl (C=O) groups is 1. The number of amidine groups is 1. The molecular weight excluding hydrogens is 324 g/mol. The number of allylic oxidation sites excluding steroid dienone is 1. The van der Waals surface area contributed by atoms with E-state index in [0.717, 1.165) is 12.2 Å². The number of benzene rings is 1. The van der Waals surface area contributed by atoms with Crippen LogP contribution in [0.3, 0.4) is 0 Å². The summed E-state index contributed by atoms with van der Waals surface area (Å²) in [6.07, 6.45) is 6.18. The van der Waals surface area contributed by atoms with E-state index in [4.69, 9.17) is 10.5 Å². The fourth-order valence-electron chi connectivity index (χ4n) is 1.98. The van der Waals surface area contributed by atoms with E-state index in [1.54, 1.807) is 37.6 Å². The number of nitrogens with two attached hydrogens (primary N) is 1. The van der Waals surface area contributed by atoms with Crippen LogP contribution in [0.4, 0.5) is 5.69 Å². The van der Waals surface area contributed by atoms with Gasteiger partial charge in [-0.15, -0.1) is 0 Å². The predicted molar refractivity (Wildman–Crippen MR) is 99.1 cm³/mol. The molecule has 0 spiro atoms. The van der Waals surface area contributed by atoms with Crippen molar-refractivity contribution in [3.8, 4) is 0 Å². The molecule has 0 radical (unpaired) electrons. The third kappa shape index (κ3) is 5.43. The Balaban J connectivity index is 2.02. The van der Waals surface area contributed by atoms with Crippen molar-refractivity contribution < 1.29 is 9.53 Å². The van der Waals surface area contributed by atoms with Crippen LogP contribution in [0.5, 0.6) is 0 Å². The molecule has 1 aromatic carbocycles. The largest absolute Gasteiger partial charge is 0.378 e. The summed E-state index contributed by atoms with van der Waals surface area (Å²) >= 11 is 1.51. The van der Waals surface area contributed by atoms with Crippen LogP contribution in [0.25, 0.3) is 0 Å². The van der Waals surface area contributed by atoms with Crippen molar-refractivity contribution in [2.75, 3.05) is 12.9 Å². The van der Waals surface area contributed by atoms with Gasteiger partial charge in [-0.1, -0.05) is 24.8 Å². The zero-order chi connectivity index (χ0) is 17.4. The molecule has 128 valence electrons. The van der Waals surface area contributed by atoms with Crippen LogP contribution in [0.15, 0.2) is 53.3 Å². The fourth-order valence-corrected chi connectivity index (χ4v) is 2.56. The molecule has 1 amide bonds. The van der Waals surface area contributed by atoms with E-state index >= 15 is 0 Å². The molecule has 1 atom stereocenters. The number of nitrogens with one attached hydrogen (secondary N) is 2. The van der Waals surface area contributed by atoms with Crippen molar-refractivity contribution in [1.82, 2.24) is 10.6 Å². The second kappa shape index (κ2) is 9.14. The van der Waals surface area contributed by atoms with E-state index in [0.29, 0.717) is 22.1 Å². The number of amides is 1. The summed E-state index contributed by atoms with van der Waals surface area (Å²) in [5, 5.41) is 6.33. The molecule has 0 aromatic heterocycles. The molecule has 0 aliphatic carbocycles. The predicted octanol–water partition coefficient (Wildman–Crippen LogP) is 2.48. The van der Waals surface area contributed by atoms with Gasteiger partial charge < -0.3 is 21.1 Å². The molecule has 6 nitrogen and oxygen atoms in total. The highest BCUT2D eigenvalue weighted by atomic mass is 32.2. The monoisotopic (exact) mass is 346 g/mol. The topological polar surface area (TPSA) is 88.7 Å². The summed E-state index contributed by atoms with van der Waals surface area (Å²) in [7, 11) is 1.61. The lowest BCUT2D eigenvalue weighted by atomic mass is 10.2. The molecule has 0 fully saturated rings. The molecule has 1 aliphatic heterocycles. The Labute approximate surface area is 146 Å². The summed E-state index contributed by atoms with van der Waals surface area (Å²) in [6.45, 7) is 2.09. The average Bonchev–Trinajstić information content (AvgIpc) is 2.61. The molecule has 2 rings (SSSR count). The first-order chi connectivity index (χ1) is 11.6. The van der Waals surface area contributed by atoms with Gasteiger partial charge in [-0.3, -0.25) is 4.79 Å². The maximum absolute atomic E-state index is 12.3. The van der Waals surface area contributed by atoms with Gasteiger partial charge in [-0.25, -0.2) is 4.99 Å². The zero-order valence-corrected chi connectivity index (χ0v) is 14.6. The van der Waals surface area contributed by atoms with Gasteiger partial charge in [0.25, 0.3) is 5.91 Å². The molecule has 1 unspecified atom stereocenters. The molecule has 0 bridgehead atoms. The average molecular weight is 346 g/mol. The van der Waals surface area contributed by atoms with Gasteiger partial charge in [-0.05, 0) is 36.8 Å². The number of aliphatic imine (C=N–C) groups is 1. The van der Waals surface area contributed by atoms with Crippen molar-refractivity contribution in [3.63, 3.8) is 0 Å². The Kier molecular flexibility index (Phi) is 6.89. The smallest absolute Gasteiger partial charge is 0.255 e. The van der Waals surface area contributed by atoms with Crippen LogP contribution in [-0.4, -0.2) is 30.2 Å². The Hall–Kier alpha value is -2.25. The number of nitrogens with zero attached hydrogens (tertiary/aromatic N) is 1. The van der Waals surface area contributed by atoms with Crippen molar-refractivity contribution in [2.24, 2.45) is 10.7 Å². The number of hydrogen-bond donors (Lipinski definition) is 3. The van der Waals surface area contributed by atoms with Gasteiger partial charge in [-0.2, -0.15) is 0 Å². The SMILES string of the molecule is CCCSC(N)=Nc1cccc(C(=O)NC2=CNC(OC)C=C2)c1. The molecule has 1 aromatic rings. The lowest BCUT2D eigenvalue weighted by Crippen LogP contribution is -2.31. The summed E-state index contributed by atoms with van der Waals surface area (Å²) < 4.78 is 5.13. The number of carbonyl (C=O) groups excluding carboxylic acids is 1. The Morgan fingerprint density at radius 1 is 1.50 bits per heavy atom. The fraction of sp³-hybridized carbons (Fsp3) is 0.294. The number of ether oxygens (including phenoxy) is 1. The maximum atomic E-state index is 12.3. The molecule has 0 saturated carbocycles. The normalized spacial score (nSPS) is 17.2. The highest BCUT2D eigenvalue weighted by Gasteiger charge is 2.11. The van der Waals surface area contributed by atoms with E-state index in [1.807, 2.05) is 12.1 Å². The molecule has 7 heteroatoms. The molecule has 24 heavy (non-hydrogen) atoms. The Morgan fingerprint density at radius 3 is 3.00 bits per heavy atom. The summed E-state index contributed by atoms with van der Waals surface area (Å²) in [6, 6.07) is 7.06. The van der Waals surface area contributed by atoms with E-state index in [2.05, 4.69) is 22.5 Å². The van der Waals surface area contributed by atoms with Gasteiger partial charge in [0.2, 0.25) is 0 Å². The number of dihydropyridines is 1. The third-order valence-corrected chi connectivity index (χ3v) is 4.17. The maximum Gasteiger partial charge on any atom is 0.255 e. The first kappa shape index (κ1) is 18.1. The van der Waals surface area contributed by atoms with Crippen molar-refractivity contribution in [2.45, 2.75) is 19.6 Å².